The number of carbonyl (C=O) groups excluding carboxylic acids is 3. The minimum atomic E-state index is -1.53. The Balaban J connectivity index is 1.83. The average Bonchev–Trinajstić information content (AvgIpc) is 3.28. The van der Waals surface area contributed by atoms with Crippen LogP contribution in [0.25, 0.3) is 0 Å². The molecular formula is C29H26N2O4. The van der Waals surface area contributed by atoms with Gasteiger partial charge in [-0.25, -0.2) is 0 Å². The summed E-state index contributed by atoms with van der Waals surface area (Å²) in [7, 11) is 1.57. The SMILES string of the molecule is COc1ccc([C@H]2[C@H](C(=O)C(C)(C)C)N3C=C(C#N)C=C[C@@H]3C23C(=O)c2ccccc2C3=O)cc1. The summed E-state index contributed by atoms with van der Waals surface area (Å²) in [5.41, 5.74) is -0.444. The molecule has 35 heavy (non-hydrogen) atoms. The Kier molecular flexibility index (Phi) is 5.06. The van der Waals surface area contributed by atoms with Gasteiger partial charge in [0.25, 0.3) is 0 Å². The number of nitrogens with zero attached hydrogens (tertiary/aromatic N) is 2. The van der Waals surface area contributed by atoms with Crippen LogP contribution in [0, 0.1) is 22.2 Å². The van der Waals surface area contributed by atoms with Crippen molar-refractivity contribution in [2.45, 2.75) is 38.8 Å². The van der Waals surface area contributed by atoms with Crippen molar-refractivity contribution in [2.75, 3.05) is 7.11 Å². The lowest BCUT2D eigenvalue weighted by Gasteiger charge is -2.34. The van der Waals surface area contributed by atoms with Gasteiger partial charge in [-0.15, -0.1) is 0 Å². The van der Waals surface area contributed by atoms with Crippen molar-refractivity contribution in [3.8, 4) is 11.8 Å². The third-order valence-electron chi connectivity index (χ3n) is 7.44. The maximum absolute atomic E-state index is 14.3. The molecule has 1 saturated heterocycles. The zero-order valence-corrected chi connectivity index (χ0v) is 20.1. The van der Waals surface area contributed by atoms with E-state index in [-0.39, 0.29) is 17.3 Å². The first-order chi connectivity index (χ1) is 16.7. The third kappa shape index (κ3) is 3.04. The normalized spacial score (nSPS) is 24.1. The Morgan fingerprint density at radius 3 is 2.14 bits per heavy atom. The van der Waals surface area contributed by atoms with Gasteiger partial charge in [-0.3, -0.25) is 14.4 Å². The fourth-order valence-electron chi connectivity index (χ4n) is 5.86. The topological polar surface area (TPSA) is 87.5 Å². The molecule has 5 rings (SSSR count). The molecule has 3 atom stereocenters. The predicted octanol–water partition coefficient (Wildman–Crippen LogP) is 4.49. The molecule has 0 radical (unpaired) electrons. The lowest BCUT2D eigenvalue weighted by molar-refractivity contribution is -0.130. The van der Waals surface area contributed by atoms with Crippen LogP contribution in [0.15, 0.2) is 72.5 Å². The van der Waals surface area contributed by atoms with E-state index in [4.69, 9.17) is 4.74 Å². The highest BCUT2D eigenvalue weighted by atomic mass is 16.5. The fraction of sp³-hybridized carbons (Fsp3) is 0.310. The number of benzene rings is 2. The maximum Gasteiger partial charge on any atom is 0.180 e. The van der Waals surface area contributed by atoms with E-state index in [2.05, 4.69) is 6.07 Å². The van der Waals surface area contributed by atoms with E-state index >= 15 is 0 Å². The van der Waals surface area contributed by atoms with Crippen LogP contribution in [-0.2, 0) is 4.79 Å². The van der Waals surface area contributed by atoms with E-state index in [1.54, 1.807) is 66.8 Å². The number of ether oxygens (including phenoxy) is 1. The number of hydrogen-bond acceptors (Lipinski definition) is 6. The molecule has 2 heterocycles. The molecule has 176 valence electrons. The van der Waals surface area contributed by atoms with E-state index in [9.17, 15) is 19.6 Å². The van der Waals surface area contributed by atoms with Crippen molar-refractivity contribution in [1.29, 1.82) is 5.26 Å². The Hall–Kier alpha value is -3.98. The van der Waals surface area contributed by atoms with E-state index in [1.165, 1.54) is 0 Å². The van der Waals surface area contributed by atoms with Crippen molar-refractivity contribution < 1.29 is 19.1 Å². The molecule has 2 aliphatic heterocycles. The second-order valence-electron chi connectivity index (χ2n) is 10.3. The second kappa shape index (κ2) is 7.78. The summed E-state index contributed by atoms with van der Waals surface area (Å²) in [5.74, 6) is -0.777. The van der Waals surface area contributed by atoms with Gasteiger partial charge in [0.15, 0.2) is 17.3 Å². The first kappa shape index (κ1) is 22.8. The highest BCUT2D eigenvalue weighted by Gasteiger charge is 2.71. The molecule has 1 spiro atoms. The number of Topliss-reactive ketones (excluding diaryl/α,β-unsaturated/α-hetero) is 3. The molecule has 0 aromatic heterocycles. The Bertz CT molecular complexity index is 1320. The van der Waals surface area contributed by atoms with Gasteiger partial charge in [0.2, 0.25) is 0 Å². The van der Waals surface area contributed by atoms with Gasteiger partial charge in [0.1, 0.15) is 17.2 Å². The summed E-state index contributed by atoms with van der Waals surface area (Å²) in [6, 6.07) is 14.7. The average molecular weight is 467 g/mol. The molecule has 2 aromatic rings. The smallest absolute Gasteiger partial charge is 0.180 e. The van der Waals surface area contributed by atoms with E-state index in [0.29, 0.717) is 28.0 Å². The molecule has 2 aromatic carbocycles. The molecule has 0 bridgehead atoms. The van der Waals surface area contributed by atoms with Crippen LogP contribution in [0.1, 0.15) is 53.0 Å². The summed E-state index contributed by atoms with van der Waals surface area (Å²) in [5, 5.41) is 9.61. The van der Waals surface area contributed by atoms with Crippen molar-refractivity contribution in [1.82, 2.24) is 4.90 Å². The minimum absolute atomic E-state index is 0.0967. The van der Waals surface area contributed by atoms with Gasteiger partial charge in [0, 0.05) is 28.7 Å². The number of allylic oxidation sites excluding steroid dienone is 2. The Morgan fingerprint density at radius 1 is 1.03 bits per heavy atom. The number of ketones is 3. The summed E-state index contributed by atoms with van der Waals surface area (Å²) in [6.07, 6.45) is 5.02. The minimum Gasteiger partial charge on any atom is -0.497 e. The molecule has 6 heteroatoms. The first-order valence-corrected chi connectivity index (χ1v) is 11.6. The standard InChI is InChI=1S/C29H26N2O4/c1-28(2,3)27(34)24-23(18-10-12-19(35-4)13-11-18)29(22-14-9-17(15-30)16-31(22)24)25(32)20-7-5-6-8-21(20)26(29)33/h5-14,16,22-24H,1-4H3/t22-,23+,24-/m1/s1. The van der Waals surface area contributed by atoms with Gasteiger partial charge < -0.3 is 9.64 Å². The lowest BCUT2D eigenvalue weighted by Crippen LogP contribution is -2.47. The zero-order chi connectivity index (χ0) is 25.1. The number of carbonyl (C=O) groups is 3. The van der Waals surface area contributed by atoms with Crippen LogP contribution in [0.5, 0.6) is 5.75 Å². The maximum atomic E-state index is 14.3. The molecule has 0 N–H and O–H groups in total. The largest absolute Gasteiger partial charge is 0.497 e. The van der Waals surface area contributed by atoms with Gasteiger partial charge in [-0.05, 0) is 23.8 Å². The summed E-state index contributed by atoms with van der Waals surface area (Å²) in [4.78, 5) is 44.3. The fourth-order valence-corrected chi connectivity index (χ4v) is 5.86. The van der Waals surface area contributed by atoms with E-state index in [1.807, 2.05) is 32.9 Å². The Labute approximate surface area is 204 Å². The highest BCUT2D eigenvalue weighted by molar-refractivity contribution is 6.31. The zero-order valence-electron chi connectivity index (χ0n) is 20.1. The van der Waals surface area contributed by atoms with Gasteiger partial charge >= 0.3 is 0 Å². The van der Waals surface area contributed by atoms with E-state index < -0.39 is 28.8 Å². The number of fused-ring (bicyclic) bond motifs is 3. The Morgan fingerprint density at radius 2 is 1.63 bits per heavy atom. The first-order valence-electron chi connectivity index (χ1n) is 11.6. The number of nitriles is 1. The van der Waals surface area contributed by atoms with Crippen molar-refractivity contribution in [3.05, 3.63) is 89.1 Å². The molecule has 1 aliphatic carbocycles. The molecule has 0 amide bonds. The summed E-state index contributed by atoms with van der Waals surface area (Å²) in [6.45, 7) is 5.51. The molecule has 6 nitrogen and oxygen atoms in total. The van der Waals surface area contributed by atoms with Crippen LogP contribution in [0.2, 0.25) is 0 Å². The van der Waals surface area contributed by atoms with Crippen LogP contribution >= 0.6 is 0 Å². The lowest BCUT2D eigenvalue weighted by atomic mass is 9.63. The van der Waals surface area contributed by atoms with Crippen molar-refractivity contribution in [3.63, 3.8) is 0 Å². The van der Waals surface area contributed by atoms with E-state index in [0.717, 1.165) is 0 Å². The molecule has 3 aliphatic rings. The summed E-state index contributed by atoms with van der Waals surface area (Å²) >= 11 is 0. The molecule has 0 unspecified atom stereocenters. The number of methoxy groups -OCH3 is 1. The van der Waals surface area contributed by atoms with Gasteiger partial charge in [0.05, 0.1) is 24.8 Å². The quantitative estimate of drug-likeness (QED) is 0.620. The van der Waals surface area contributed by atoms with Gasteiger partial charge in [-0.2, -0.15) is 5.26 Å². The predicted molar refractivity (Wildman–Crippen MR) is 130 cm³/mol. The van der Waals surface area contributed by atoms with Crippen molar-refractivity contribution in [2.24, 2.45) is 10.8 Å². The van der Waals surface area contributed by atoms with Crippen LogP contribution in [0.3, 0.4) is 0 Å². The van der Waals surface area contributed by atoms with Crippen LogP contribution in [-0.4, -0.2) is 41.4 Å². The van der Waals surface area contributed by atoms with Crippen molar-refractivity contribution >= 4 is 17.3 Å². The second-order valence-corrected chi connectivity index (χ2v) is 10.3. The number of hydrogen-bond donors (Lipinski definition) is 0. The molecule has 0 saturated carbocycles. The molecular weight excluding hydrogens is 440 g/mol. The molecule has 1 fully saturated rings. The van der Waals surface area contributed by atoms with Crippen LogP contribution in [0.4, 0.5) is 0 Å². The van der Waals surface area contributed by atoms with Crippen LogP contribution < -0.4 is 4.74 Å². The highest BCUT2D eigenvalue weighted by Crippen LogP contribution is 2.60. The summed E-state index contributed by atoms with van der Waals surface area (Å²) < 4.78 is 5.33. The third-order valence-corrected chi connectivity index (χ3v) is 7.44. The number of rotatable bonds is 3. The van der Waals surface area contributed by atoms with Gasteiger partial charge in [-0.1, -0.05) is 63.2 Å². The monoisotopic (exact) mass is 466 g/mol.